The fraction of sp³-hybridized carbons (Fsp3) is 0.533. The quantitative estimate of drug-likeness (QED) is 0.750. The zero-order valence-electron chi connectivity index (χ0n) is 12.9. The lowest BCUT2D eigenvalue weighted by atomic mass is 10.2. The van der Waals surface area contributed by atoms with Crippen molar-refractivity contribution in [3.63, 3.8) is 0 Å². The molecule has 2 N–H and O–H groups in total. The van der Waals surface area contributed by atoms with E-state index in [0.717, 1.165) is 12.1 Å². The van der Waals surface area contributed by atoms with Crippen LogP contribution in [0, 0.1) is 0 Å². The number of halogens is 3. The number of alkyl carbamates (subject to hydrolysis) is 1. The van der Waals surface area contributed by atoms with Crippen molar-refractivity contribution in [2.45, 2.75) is 45.3 Å². The van der Waals surface area contributed by atoms with E-state index in [4.69, 9.17) is 14.6 Å². The van der Waals surface area contributed by atoms with Gasteiger partial charge in [0, 0.05) is 13.0 Å². The van der Waals surface area contributed by atoms with Crippen molar-refractivity contribution in [2.75, 3.05) is 6.54 Å². The summed E-state index contributed by atoms with van der Waals surface area (Å²) in [6.07, 6.45) is -6.12. The lowest BCUT2D eigenvalue weighted by Gasteiger charge is -2.20. The minimum absolute atomic E-state index is 0.00123. The minimum Gasteiger partial charge on any atom is -0.455 e. The van der Waals surface area contributed by atoms with E-state index in [1.54, 1.807) is 0 Å². The first-order chi connectivity index (χ1) is 10.7. The smallest absolute Gasteiger partial charge is 0.416 e. The maximum atomic E-state index is 12.7. The van der Waals surface area contributed by atoms with Gasteiger partial charge >= 0.3 is 12.3 Å². The molecule has 2 unspecified atom stereocenters. The molecule has 0 heterocycles. The van der Waals surface area contributed by atoms with Gasteiger partial charge in [0.15, 0.2) is 0 Å². The van der Waals surface area contributed by atoms with Crippen LogP contribution in [0.5, 0.6) is 5.75 Å². The van der Waals surface area contributed by atoms with Crippen LogP contribution in [-0.2, 0) is 10.9 Å². The van der Waals surface area contributed by atoms with Crippen molar-refractivity contribution in [2.24, 2.45) is 0 Å². The summed E-state index contributed by atoms with van der Waals surface area (Å²) in [6, 6.07) is 4.35. The van der Waals surface area contributed by atoms with Gasteiger partial charge in [-0.2, -0.15) is 13.2 Å². The van der Waals surface area contributed by atoms with Crippen LogP contribution in [0.4, 0.5) is 18.0 Å². The largest absolute Gasteiger partial charge is 0.455 e. The Morgan fingerprint density at radius 3 is 2.65 bits per heavy atom. The van der Waals surface area contributed by atoms with Crippen LogP contribution in [0.2, 0.25) is 0 Å². The first kappa shape index (κ1) is 19.1. The summed E-state index contributed by atoms with van der Waals surface area (Å²) in [6.45, 7) is 3.31. The zero-order valence-corrected chi connectivity index (χ0v) is 12.9. The first-order valence-electron chi connectivity index (χ1n) is 7.18. The molecule has 8 heteroatoms. The number of carbonyl (C=O) groups excluding carboxylic acids is 1. The second-order valence-electron chi connectivity index (χ2n) is 5.00. The third kappa shape index (κ3) is 7.23. The van der Waals surface area contributed by atoms with E-state index in [-0.39, 0.29) is 12.3 Å². The predicted molar refractivity (Wildman–Crippen MR) is 76.9 cm³/mol. The van der Waals surface area contributed by atoms with E-state index >= 15 is 0 Å². The molecule has 1 aromatic rings. The molecular formula is C15H20F3NO4. The number of carbonyl (C=O) groups is 1. The Labute approximate surface area is 132 Å². The topological polar surface area (TPSA) is 67.8 Å². The Morgan fingerprint density at radius 1 is 1.39 bits per heavy atom. The van der Waals surface area contributed by atoms with Gasteiger partial charge < -0.3 is 19.9 Å². The lowest BCUT2D eigenvalue weighted by molar-refractivity contribution is -0.137. The number of rotatable bonds is 7. The standard InChI is InChI=1S/C15H20F3NO4/c1-3-5-13(23-14(21)19-9-10(2)20)22-12-7-4-6-11(8-12)15(16,17)18/h4,6-8,10,13,20H,3,5,9H2,1-2H3,(H,19,21). The van der Waals surface area contributed by atoms with Gasteiger partial charge in [0.25, 0.3) is 0 Å². The maximum Gasteiger partial charge on any atom is 0.416 e. The SMILES string of the molecule is CCCC(OC(=O)NCC(C)O)Oc1cccc(C(F)(F)F)c1. The van der Waals surface area contributed by atoms with Crippen LogP contribution >= 0.6 is 0 Å². The molecule has 0 aliphatic carbocycles. The number of hydrogen-bond donors (Lipinski definition) is 2. The molecule has 0 radical (unpaired) electrons. The number of benzene rings is 1. The summed E-state index contributed by atoms with van der Waals surface area (Å²) < 4.78 is 48.3. The molecule has 0 bridgehead atoms. The molecule has 1 amide bonds. The van der Waals surface area contributed by atoms with Crippen LogP contribution < -0.4 is 10.1 Å². The summed E-state index contributed by atoms with van der Waals surface area (Å²) in [4.78, 5) is 11.5. The van der Waals surface area contributed by atoms with Gasteiger partial charge in [-0.15, -0.1) is 0 Å². The van der Waals surface area contributed by atoms with Gasteiger partial charge in [-0.1, -0.05) is 13.0 Å². The minimum atomic E-state index is -4.48. The predicted octanol–water partition coefficient (Wildman–Crippen LogP) is 3.32. The molecule has 130 valence electrons. The normalized spacial score (nSPS) is 14.0. The van der Waals surface area contributed by atoms with E-state index in [1.807, 2.05) is 6.92 Å². The molecule has 23 heavy (non-hydrogen) atoms. The fourth-order valence-electron chi connectivity index (χ4n) is 1.67. The molecule has 0 saturated carbocycles. The third-order valence-corrected chi connectivity index (χ3v) is 2.73. The Morgan fingerprint density at radius 2 is 2.09 bits per heavy atom. The van der Waals surface area contributed by atoms with Crippen LogP contribution in [0.25, 0.3) is 0 Å². The van der Waals surface area contributed by atoms with Gasteiger partial charge in [0.05, 0.1) is 11.7 Å². The summed E-state index contributed by atoms with van der Waals surface area (Å²) in [5.74, 6) is -0.0402. The summed E-state index contributed by atoms with van der Waals surface area (Å²) in [5, 5.41) is 11.4. The number of amides is 1. The molecule has 0 aliphatic rings. The molecule has 5 nitrogen and oxygen atoms in total. The summed E-state index contributed by atoms with van der Waals surface area (Å²) in [7, 11) is 0. The number of ether oxygens (including phenoxy) is 2. The van der Waals surface area contributed by atoms with Gasteiger partial charge in [-0.25, -0.2) is 4.79 Å². The Bertz CT molecular complexity index is 506. The van der Waals surface area contributed by atoms with E-state index in [9.17, 15) is 18.0 Å². The van der Waals surface area contributed by atoms with Crippen molar-refractivity contribution < 1.29 is 32.5 Å². The zero-order chi connectivity index (χ0) is 17.5. The van der Waals surface area contributed by atoms with E-state index in [2.05, 4.69) is 5.32 Å². The van der Waals surface area contributed by atoms with Crippen LogP contribution in [0.3, 0.4) is 0 Å². The molecule has 0 spiro atoms. The van der Waals surface area contributed by atoms with E-state index < -0.39 is 30.2 Å². The molecule has 0 aromatic heterocycles. The van der Waals surface area contributed by atoms with Crippen LogP contribution in [-0.4, -0.2) is 30.1 Å². The van der Waals surface area contributed by atoms with Crippen molar-refractivity contribution in [3.8, 4) is 5.75 Å². The highest BCUT2D eigenvalue weighted by Crippen LogP contribution is 2.31. The number of alkyl halides is 3. The average Bonchev–Trinajstić information content (AvgIpc) is 2.45. The molecule has 0 aliphatic heterocycles. The molecule has 1 aromatic carbocycles. The lowest BCUT2D eigenvalue weighted by Crippen LogP contribution is -2.35. The number of nitrogens with one attached hydrogen (secondary N) is 1. The first-order valence-corrected chi connectivity index (χ1v) is 7.18. The third-order valence-electron chi connectivity index (χ3n) is 2.73. The monoisotopic (exact) mass is 335 g/mol. The van der Waals surface area contributed by atoms with Gasteiger partial charge in [0.1, 0.15) is 5.75 Å². The second kappa shape index (κ2) is 8.61. The summed E-state index contributed by atoms with van der Waals surface area (Å²) >= 11 is 0. The number of aliphatic hydroxyl groups is 1. The highest BCUT2D eigenvalue weighted by atomic mass is 19.4. The molecule has 1 rings (SSSR count). The molecular weight excluding hydrogens is 315 g/mol. The van der Waals surface area contributed by atoms with Crippen LogP contribution in [0.15, 0.2) is 24.3 Å². The molecule has 2 atom stereocenters. The van der Waals surface area contributed by atoms with Crippen LogP contribution in [0.1, 0.15) is 32.3 Å². The van der Waals surface area contributed by atoms with Crippen molar-refractivity contribution in [3.05, 3.63) is 29.8 Å². The highest BCUT2D eigenvalue weighted by Gasteiger charge is 2.31. The van der Waals surface area contributed by atoms with Crippen molar-refractivity contribution in [1.82, 2.24) is 5.32 Å². The van der Waals surface area contributed by atoms with E-state index in [1.165, 1.54) is 19.1 Å². The van der Waals surface area contributed by atoms with Crippen molar-refractivity contribution in [1.29, 1.82) is 0 Å². The maximum absolute atomic E-state index is 12.7. The number of hydrogen-bond acceptors (Lipinski definition) is 4. The van der Waals surface area contributed by atoms with Gasteiger partial charge in [-0.05, 0) is 31.5 Å². The molecule has 0 saturated heterocycles. The second-order valence-corrected chi connectivity index (χ2v) is 5.00. The summed E-state index contributed by atoms with van der Waals surface area (Å²) in [5.41, 5.74) is -0.844. The van der Waals surface area contributed by atoms with Gasteiger partial charge in [-0.3, -0.25) is 0 Å². The van der Waals surface area contributed by atoms with E-state index in [0.29, 0.717) is 12.8 Å². The Hall–Kier alpha value is -1.96. The average molecular weight is 335 g/mol. The van der Waals surface area contributed by atoms with Crippen molar-refractivity contribution >= 4 is 6.09 Å². The fourth-order valence-corrected chi connectivity index (χ4v) is 1.67. The Kier molecular flexibility index (Phi) is 7.15. The number of aliphatic hydroxyl groups excluding tert-OH is 1. The van der Waals surface area contributed by atoms with Gasteiger partial charge in [0.2, 0.25) is 6.29 Å². The Balaban J connectivity index is 2.70. The molecule has 0 fully saturated rings. The highest BCUT2D eigenvalue weighted by molar-refractivity contribution is 5.67.